The molecule has 0 unspecified atom stereocenters. The van der Waals surface area contributed by atoms with Crippen LogP contribution in [0.25, 0.3) is 0 Å². The highest BCUT2D eigenvalue weighted by Crippen LogP contribution is 2.68. The van der Waals surface area contributed by atoms with Gasteiger partial charge in [-0.2, -0.15) is 0 Å². The lowest BCUT2D eigenvalue weighted by atomic mass is 9.45. The van der Waals surface area contributed by atoms with E-state index in [1.165, 1.54) is 64.7 Å². The molecule has 7 atom stereocenters. The quantitative estimate of drug-likeness (QED) is 0.446. The average molecular weight is 345 g/mol. The van der Waals surface area contributed by atoms with Crippen molar-refractivity contribution in [2.75, 3.05) is 0 Å². The van der Waals surface area contributed by atoms with Crippen LogP contribution < -0.4 is 0 Å². The molecule has 2 heteroatoms. The van der Waals surface area contributed by atoms with Crippen molar-refractivity contribution in [2.45, 2.75) is 85.0 Å². The molecule has 0 aromatic carbocycles. The predicted molar refractivity (Wildman–Crippen MR) is 101 cm³/mol. The third kappa shape index (κ3) is 2.61. The summed E-state index contributed by atoms with van der Waals surface area (Å²) in [6, 6.07) is 0. The fourth-order valence-electron chi connectivity index (χ4n) is 8.08. The standard InChI is InChI=1S/C23H36O2/c1-15(25-16(2)24)19-10-11-20-18-9-8-17-7-5-6-13-22(17,3)21(18)12-14-23(19,20)4/h17-21H,1,5-14H2,2-4H3/t17-,18+,19-,20-,21+,22+,23-/m1/s1. The predicted octanol–water partition coefficient (Wildman–Crippen LogP) is 6.11. The zero-order chi connectivity index (χ0) is 17.8. The van der Waals surface area contributed by atoms with Crippen molar-refractivity contribution in [1.29, 1.82) is 0 Å². The summed E-state index contributed by atoms with van der Waals surface area (Å²) in [5.74, 6) is 4.54. The Bertz CT molecular complexity index is 566. The second-order valence-electron chi connectivity index (χ2n) is 10.1. The minimum absolute atomic E-state index is 0.207. The van der Waals surface area contributed by atoms with Crippen LogP contribution in [0.15, 0.2) is 12.3 Å². The molecule has 0 aromatic rings. The molecule has 0 aromatic heterocycles. The lowest BCUT2D eigenvalue weighted by Gasteiger charge is -2.60. The first-order chi connectivity index (χ1) is 11.9. The van der Waals surface area contributed by atoms with E-state index in [-0.39, 0.29) is 5.97 Å². The molecule has 4 rings (SSSR count). The zero-order valence-electron chi connectivity index (χ0n) is 16.5. The molecule has 140 valence electrons. The maximum atomic E-state index is 11.4. The van der Waals surface area contributed by atoms with E-state index < -0.39 is 0 Å². The van der Waals surface area contributed by atoms with Crippen LogP contribution in [0.2, 0.25) is 0 Å². The highest BCUT2D eigenvalue weighted by atomic mass is 16.5. The Labute approximate surface area is 153 Å². The number of esters is 1. The summed E-state index contributed by atoms with van der Waals surface area (Å²) in [5, 5.41) is 0. The van der Waals surface area contributed by atoms with Gasteiger partial charge in [0.1, 0.15) is 5.76 Å². The van der Waals surface area contributed by atoms with Gasteiger partial charge in [-0.15, -0.1) is 0 Å². The van der Waals surface area contributed by atoms with Crippen LogP contribution in [-0.4, -0.2) is 5.97 Å². The second kappa shape index (κ2) is 6.13. The molecule has 0 bridgehead atoms. The van der Waals surface area contributed by atoms with Gasteiger partial charge < -0.3 is 4.74 Å². The Kier molecular flexibility index (Phi) is 4.32. The largest absolute Gasteiger partial charge is 0.432 e. The van der Waals surface area contributed by atoms with Crippen LogP contribution in [0.5, 0.6) is 0 Å². The Morgan fingerprint density at radius 1 is 0.920 bits per heavy atom. The number of hydrogen-bond acceptors (Lipinski definition) is 2. The molecule has 0 N–H and O–H groups in total. The summed E-state index contributed by atoms with van der Waals surface area (Å²) in [4.78, 5) is 11.4. The van der Waals surface area contributed by atoms with E-state index in [0.717, 1.165) is 35.9 Å². The Morgan fingerprint density at radius 3 is 2.44 bits per heavy atom. The van der Waals surface area contributed by atoms with Crippen LogP contribution in [0, 0.1) is 40.4 Å². The van der Waals surface area contributed by atoms with Gasteiger partial charge in [-0.1, -0.05) is 33.3 Å². The monoisotopic (exact) mass is 344 g/mol. The second-order valence-corrected chi connectivity index (χ2v) is 10.1. The maximum absolute atomic E-state index is 11.4. The zero-order valence-corrected chi connectivity index (χ0v) is 16.5. The molecule has 4 aliphatic carbocycles. The number of rotatable bonds is 2. The van der Waals surface area contributed by atoms with Gasteiger partial charge in [0, 0.05) is 12.8 Å². The number of hydrogen-bond donors (Lipinski definition) is 0. The molecule has 4 fully saturated rings. The first-order valence-electron chi connectivity index (χ1n) is 10.7. The minimum atomic E-state index is -0.207. The fraction of sp³-hybridized carbons (Fsp3) is 0.870. The van der Waals surface area contributed by atoms with Crippen LogP contribution in [0.3, 0.4) is 0 Å². The van der Waals surface area contributed by atoms with E-state index >= 15 is 0 Å². The van der Waals surface area contributed by atoms with Gasteiger partial charge in [0.15, 0.2) is 0 Å². The third-order valence-electron chi connectivity index (χ3n) is 9.25. The molecule has 0 aliphatic heterocycles. The van der Waals surface area contributed by atoms with Crippen LogP contribution in [0.4, 0.5) is 0 Å². The van der Waals surface area contributed by atoms with Crippen molar-refractivity contribution >= 4 is 5.97 Å². The molecule has 0 amide bonds. The lowest BCUT2D eigenvalue weighted by molar-refractivity contribution is -0.139. The molecular formula is C23H36O2. The smallest absolute Gasteiger partial charge is 0.307 e. The number of allylic oxidation sites excluding steroid dienone is 1. The van der Waals surface area contributed by atoms with E-state index in [1.807, 2.05) is 0 Å². The fourth-order valence-corrected chi connectivity index (χ4v) is 8.08. The van der Waals surface area contributed by atoms with Crippen LogP contribution in [-0.2, 0) is 9.53 Å². The maximum Gasteiger partial charge on any atom is 0.307 e. The van der Waals surface area contributed by atoms with E-state index in [4.69, 9.17) is 4.74 Å². The van der Waals surface area contributed by atoms with Crippen molar-refractivity contribution in [3.8, 4) is 0 Å². The molecule has 0 radical (unpaired) electrons. The molecule has 0 heterocycles. The molecule has 4 saturated carbocycles. The van der Waals surface area contributed by atoms with Gasteiger partial charge in [0.25, 0.3) is 0 Å². The van der Waals surface area contributed by atoms with E-state index in [9.17, 15) is 4.79 Å². The number of carbonyl (C=O) groups excluding carboxylic acids is 1. The summed E-state index contributed by atoms with van der Waals surface area (Å²) in [6.07, 6.45) is 13.9. The van der Waals surface area contributed by atoms with Gasteiger partial charge in [-0.3, -0.25) is 4.79 Å². The molecular weight excluding hydrogens is 308 g/mol. The number of fused-ring (bicyclic) bond motifs is 5. The number of ether oxygens (including phenoxy) is 1. The Balaban J connectivity index is 1.57. The first kappa shape index (κ1) is 17.6. The summed E-state index contributed by atoms with van der Waals surface area (Å²) in [6.45, 7) is 10.8. The van der Waals surface area contributed by atoms with Crippen molar-refractivity contribution in [3.05, 3.63) is 12.3 Å². The summed E-state index contributed by atoms with van der Waals surface area (Å²) in [7, 11) is 0. The third-order valence-corrected chi connectivity index (χ3v) is 9.25. The van der Waals surface area contributed by atoms with E-state index in [2.05, 4.69) is 20.4 Å². The molecule has 2 nitrogen and oxygen atoms in total. The lowest BCUT2D eigenvalue weighted by Crippen LogP contribution is -2.52. The van der Waals surface area contributed by atoms with Crippen molar-refractivity contribution in [1.82, 2.24) is 0 Å². The highest BCUT2D eigenvalue weighted by molar-refractivity contribution is 5.67. The topological polar surface area (TPSA) is 26.3 Å². The van der Waals surface area contributed by atoms with Crippen molar-refractivity contribution < 1.29 is 9.53 Å². The SMILES string of the molecule is C=C(OC(C)=O)[C@H]1CC[C@@H]2[C@@H]3CC[C@H]4CCCC[C@]4(C)[C@H]3CC[C@]12C. The molecule has 0 saturated heterocycles. The van der Waals surface area contributed by atoms with Gasteiger partial charge >= 0.3 is 5.97 Å². The van der Waals surface area contributed by atoms with E-state index in [0.29, 0.717) is 16.7 Å². The van der Waals surface area contributed by atoms with Gasteiger partial charge in [-0.05, 0) is 85.9 Å². The van der Waals surface area contributed by atoms with Crippen LogP contribution in [0.1, 0.15) is 85.0 Å². The summed E-state index contributed by atoms with van der Waals surface area (Å²) >= 11 is 0. The molecule has 25 heavy (non-hydrogen) atoms. The average Bonchev–Trinajstić information content (AvgIpc) is 2.91. The Hall–Kier alpha value is -0.790. The first-order valence-corrected chi connectivity index (χ1v) is 10.7. The van der Waals surface area contributed by atoms with Gasteiger partial charge in [0.05, 0.1) is 0 Å². The van der Waals surface area contributed by atoms with Gasteiger partial charge in [0.2, 0.25) is 0 Å². The normalized spacial score (nSPS) is 48.8. The Morgan fingerprint density at radius 2 is 1.68 bits per heavy atom. The summed E-state index contributed by atoms with van der Waals surface area (Å²) < 4.78 is 5.46. The van der Waals surface area contributed by atoms with Crippen molar-refractivity contribution in [3.63, 3.8) is 0 Å². The number of carbonyl (C=O) groups is 1. The van der Waals surface area contributed by atoms with Crippen molar-refractivity contribution in [2.24, 2.45) is 40.4 Å². The highest BCUT2D eigenvalue weighted by Gasteiger charge is 2.60. The minimum Gasteiger partial charge on any atom is -0.432 e. The van der Waals surface area contributed by atoms with Crippen LogP contribution >= 0.6 is 0 Å². The van der Waals surface area contributed by atoms with E-state index in [1.54, 1.807) is 0 Å². The molecule has 4 aliphatic rings. The summed E-state index contributed by atoms with van der Waals surface area (Å²) in [5.41, 5.74) is 0.902. The molecule has 0 spiro atoms. The van der Waals surface area contributed by atoms with Gasteiger partial charge in [-0.25, -0.2) is 0 Å².